The molecule has 0 fully saturated rings. The summed E-state index contributed by atoms with van der Waals surface area (Å²) in [5, 5.41) is 0. The fraction of sp³-hybridized carbons (Fsp3) is 0.333. The molecule has 3 nitrogen and oxygen atoms in total. The molecule has 1 heterocycles. The maximum atomic E-state index is 5.32. The van der Waals surface area contributed by atoms with Crippen LogP contribution in [-0.4, -0.2) is 16.5 Å². The first-order valence-corrected chi connectivity index (χ1v) is 3.87. The van der Waals surface area contributed by atoms with Gasteiger partial charge in [-0.25, -0.2) is 9.97 Å². The minimum absolute atomic E-state index is 0.694. The van der Waals surface area contributed by atoms with Crippen LogP contribution in [-0.2, 0) is 0 Å². The van der Waals surface area contributed by atoms with Crippen molar-refractivity contribution in [3.8, 4) is 11.8 Å². The van der Waals surface area contributed by atoms with Gasteiger partial charge >= 0.3 is 0 Å². The third kappa shape index (κ3) is 3.13. The van der Waals surface area contributed by atoms with Crippen LogP contribution < -0.4 is 5.73 Å². The van der Waals surface area contributed by atoms with Crippen molar-refractivity contribution in [1.82, 2.24) is 9.97 Å². The van der Waals surface area contributed by atoms with E-state index in [1.807, 2.05) is 0 Å². The van der Waals surface area contributed by atoms with Gasteiger partial charge in [-0.15, -0.1) is 0 Å². The fourth-order valence-corrected chi connectivity index (χ4v) is 0.719. The second-order valence-corrected chi connectivity index (χ2v) is 2.32. The molecule has 0 aliphatic rings. The molecule has 0 saturated carbocycles. The van der Waals surface area contributed by atoms with Gasteiger partial charge in [-0.3, -0.25) is 0 Å². The van der Waals surface area contributed by atoms with Crippen LogP contribution in [0.1, 0.15) is 18.4 Å². The molecule has 0 aromatic carbocycles. The Hall–Kier alpha value is -1.40. The second-order valence-electron chi connectivity index (χ2n) is 2.32. The quantitative estimate of drug-likeness (QED) is 0.509. The molecule has 62 valence electrons. The Kier molecular flexibility index (Phi) is 3.82. The Morgan fingerprint density at radius 1 is 1.33 bits per heavy atom. The topological polar surface area (TPSA) is 51.8 Å². The smallest absolute Gasteiger partial charge is 0.115 e. The number of nitrogens with zero attached hydrogens (tertiary/aromatic N) is 2. The fourth-order valence-electron chi connectivity index (χ4n) is 0.719. The molecule has 0 amide bonds. The lowest BCUT2D eigenvalue weighted by atomic mass is 10.3. The lowest BCUT2D eigenvalue weighted by molar-refractivity contribution is 0.870. The zero-order valence-corrected chi connectivity index (χ0v) is 6.83. The SMILES string of the molecule is NCCCC#Cc1cncnc1. The highest BCUT2D eigenvalue weighted by molar-refractivity contribution is 5.28. The van der Waals surface area contributed by atoms with Crippen LogP contribution in [0.15, 0.2) is 18.7 Å². The Labute approximate surface area is 72.0 Å². The molecule has 0 aliphatic carbocycles. The lowest BCUT2D eigenvalue weighted by Crippen LogP contribution is -1.96. The number of rotatable bonds is 2. The van der Waals surface area contributed by atoms with Gasteiger partial charge in [0.2, 0.25) is 0 Å². The van der Waals surface area contributed by atoms with Crippen molar-refractivity contribution >= 4 is 0 Å². The van der Waals surface area contributed by atoms with E-state index in [0.717, 1.165) is 18.4 Å². The van der Waals surface area contributed by atoms with Gasteiger partial charge in [-0.05, 0) is 13.0 Å². The van der Waals surface area contributed by atoms with Crippen molar-refractivity contribution in [3.05, 3.63) is 24.3 Å². The van der Waals surface area contributed by atoms with Crippen molar-refractivity contribution < 1.29 is 0 Å². The van der Waals surface area contributed by atoms with Crippen LogP contribution in [0.4, 0.5) is 0 Å². The average Bonchev–Trinajstić information content (AvgIpc) is 2.14. The largest absolute Gasteiger partial charge is 0.330 e. The summed E-state index contributed by atoms with van der Waals surface area (Å²) in [6.07, 6.45) is 6.67. The standard InChI is InChI=1S/C9H11N3/c10-5-3-1-2-4-9-6-11-8-12-7-9/h6-8H,1,3,5,10H2. The molecule has 0 unspecified atom stereocenters. The van der Waals surface area contributed by atoms with E-state index in [0.29, 0.717) is 6.54 Å². The van der Waals surface area contributed by atoms with Crippen LogP contribution in [0.5, 0.6) is 0 Å². The molecule has 0 saturated heterocycles. The molecule has 0 spiro atoms. The number of hydrogen-bond donors (Lipinski definition) is 1. The van der Waals surface area contributed by atoms with Crippen LogP contribution in [0, 0.1) is 11.8 Å². The maximum Gasteiger partial charge on any atom is 0.115 e. The van der Waals surface area contributed by atoms with E-state index in [4.69, 9.17) is 5.73 Å². The molecular weight excluding hydrogens is 150 g/mol. The first-order valence-electron chi connectivity index (χ1n) is 3.87. The Morgan fingerprint density at radius 2 is 2.08 bits per heavy atom. The predicted octanol–water partition coefficient (Wildman–Crippen LogP) is 0.567. The second kappa shape index (κ2) is 5.28. The van der Waals surface area contributed by atoms with Crippen LogP contribution >= 0.6 is 0 Å². The number of nitrogens with two attached hydrogens (primary N) is 1. The Balaban J connectivity index is 2.44. The van der Waals surface area contributed by atoms with E-state index in [1.165, 1.54) is 6.33 Å². The number of unbranched alkanes of at least 4 members (excludes halogenated alkanes) is 1. The molecule has 3 heteroatoms. The van der Waals surface area contributed by atoms with E-state index in [2.05, 4.69) is 21.8 Å². The third-order valence-corrected chi connectivity index (χ3v) is 1.30. The summed E-state index contributed by atoms with van der Waals surface area (Å²) in [5.74, 6) is 5.94. The van der Waals surface area contributed by atoms with E-state index < -0.39 is 0 Å². The average molecular weight is 161 g/mol. The van der Waals surface area contributed by atoms with Gasteiger partial charge in [0.15, 0.2) is 0 Å². The summed E-state index contributed by atoms with van der Waals surface area (Å²) in [4.78, 5) is 7.69. The van der Waals surface area contributed by atoms with Gasteiger partial charge in [-0.1, -0.05) is 11.8 Å². The summed E-state index contributed by atoms with van der Waals surface area (Å²) >= 11 is 0. The molecule has 1 aromatic heterocycles. The van der Waals surface area contributed by atoms with Crippen molar-refractivity contribution in [3.63, 3.8) is 0 Å². The zero-order valence-electron chi connectivity index (χ0n) is 6.83. The third-order valence-electron chi connectivity index (χ3n) is 1.30. The zero-order chi connectivity index (χ0) is 8.65. The molecule has 1 rings (SSSR count). The first-order chi connectivity index (χ1) is 5.93. The maximum absolute atomic E-state index is 5.32. The van der Waals surface area contributed by atoms with Crippen LogP contribution in [0.2, 0.25) is 0 Å². The van der Waals surface area contributed by atoms with Gasteiger partial charge in [0.25, 0.3) is 0 Å². The van der Waals surface area contributed by atoms with E-state index in [-0.39, 0.29) is 0 Å². The molecule has 0 aliphatic heterocycles. The molecule has 0 atom stereocenters. The summed E-state index contributed by atoms with van der Waals surface area (Å²) < 4.78 is 0. The van der Waals surface area contributed by atoms with E-state index in [9.17, 15) is 0 Å². The summed E-state index contributed by atoms with van der Waals surface area (Å²) in [5.41, 5.74) is 6.17. The number of aromatic nitrogens is 2. The highest BCUT2D eigenvalue weighted by atomic mass is 14.8. The van der Waals surface area contributed by atoms with Gasteiger partial charge in [0.1, 0.15) is 6.33 Å². The monoisotopic (exact) mass is 161 g/mol. The Morgan fingerprint density at radius 3 is 2.75 bits per heavy atom. The molecule has 2 N–H and O–H groups in total. The lowest BCUT2D eigenvalue weighted by Gasteiger charge is -1.86. The normalized spacial score (nSPS) is 8.75. The summed E-state index contributed by atoms with van der Waals surface area (Å²) in [7, 11) is 0. The van der Waals surface area contributed by atoms with Crippen molar-refractivity contribution in [2.24, 2.45) is 5.73 Å². The molecular formula is C9H11N3. The molecule has 0 radical (unpaired) electrons. The summed E-state index contributed by atoms with van der Waals surface area (Å²) in [6, 6.07) is 0. The Bertz CT molecular complexity index is 271. The molecule has 1 aromatic rings. The minimum atomic E-state index is 0.694. The van der Waals surface area contributed by atoms with Crippen molar-refractivity contribution in [1.29, 1.82) is 0 Å². The van der Waals surface area contributed by atoms with Gasteiger partial charge < -0.3 is 5.73 Å². The van der Waals surface area contributed by atoms with Gasteiger partial charge in [0.05, 0.1) is 5.56 Å². The predicted molar refractivity (Wildman–Crippen MR) is 47.2 cm³/mol. The van der Waals surface area contributed by atoms with Crippen molar-refractivity contribution in [2.75, 3.05) is 6.54 Å². The van der Waals surface area contributed by atoms with Crippen LogP contribution in [0.25, 0.3) is 0 Å². The minimum Gasteiger partial charge on any atom is -0.330 e. The first kappa shape index (κ1) is 8.69. The van der Waals surface area contributed by atoms with Gasteiger partial charge in [0, 0.05) is 18.8 Å². The van der Waals surface area contributed by atoms with Gasteiger partial charge in [-0.2, -0.15) is 0 Å². The molecule has 0 bridgehead atoms. The van der Waals surface area contributed by atoms with E-state index >= 15 is 0 Å². The highest BCUT2D eigenvalue weighted by Crippen LogP contribution is 1.89. The van der Waals surface area contributed by atoms with E-state index in [1.54, 1.807) is 12.4 Å². The summed E-state index contributed by atoms with van der Waals surface area (Å²) in [6.45, 7) is 0.694. The van der Waals surface area contributed by atoms with Crippen LogP contribution in [0.3, 0.4) is 0 Å². The number of hydrogen-bond acceptors (Lipinski definition) is 3. The molecule has 12 heavy (non-hydrogen) atoms. The highest BCUT2D eigenvalue weighted by Gasteiger charge is 1.82. The van der Waals surface area contributed by atoms with Crippen molar-refractivity contribution in [2.45, 2.75) is 12.8 Å².